The predicted molar refractivity (Wildman–Crippen MR) is 84.6 cm³/mol. The topological polar surface area (TPSA) is 96.7 Å². The molecule has 1 aromatic heterocycles. The minimum absolute atomic E-state index is 0.0496. The SMILES string of the molecule is C/C(NC(=O)c1ccco1)=C1\C(=O)c2ccccc2S(=O)(=O)N1C. The van der Waals surface area contributed by atoms with Gasteiger partial charge in [0.2, 0.25) is 5.78 Å². The summed E-state index contributed by atoms with van der Waals surface area (Å²) in [7, 11) is -2.58. The number of likely N-dealkylation sites (N-methyl/N-ethyl adjacent to an activating group) is 1. The molecule has 0 unspecified atom stereocenters. The summed E-state index contributed by atoms with van der Waals surface area (Å²) in [4.78, 5) is 24.7. The number of benzene rings is 1. The monoisotopic (exact) mass is 346 g/mol. The van der Waals surface area contributed by atoms with E-state index in [0.29, 0.717) is 0 Å². The highest BCUT2D eigenvalue weighted by Gasteiger charge is 2.38. The van der Waals surface area contributed by atoms with Gasteiger partial charge < -0.3 is 9.73 Å². The van der Waals surface area contributed by atoms with Crippen LogP contribution in [0.2, 0.25) is 0 Å². The van der Waals surface area contributed by atoms with Crippen molar-refractivity contribution in [3.05, 3.63) is 65.4 Å². The van der Waals surface area contributed by atoms with Gasteiger partial charge in [-0.1, -0.05) is 12.1 Å². The Balaban J connectivity index is 2.07. The summed E-state index contributed by atoms with van der Waals surface area (Å²) in [5.41, 5.74) is 0.104. The molecule has 0 aliphatic carbocycles. The average molecular weight is 346 g/mol. The number of carbonyl (C=O) groups is 2. The summed E-state index contributed by atoms with van der Waals surface area (Å²) in [6.45, 7) is 1.47. The van der Waals surface area contributed by atoms with Gasteiger partial charge in [-0.15, -0.1) is 0 Å². The first-order chi connectivity index (χ1) is 11.3. The lowest BCUT2D eigenvalue weighted by Gasteiger charge is -2.29. The van der Waals surface area contributed by atoms with Crippen molar-refractivity contribution in [3.63, 3.8) is 0 Å². The van der Waals surface area contributed by atoms with Crippen LogP contribution >= 0.6 is 0 Å². The van der Waals surface area contributed by atoms with Crippen LogP contribution in [0.25, 0.3) is 0 Å². The molecule has 0 radical (unpaired) electrons. The maximum absolute atomic E-state index is 12.7. The number of sulfonamides is 1. The molecule has 7 nitrogen and oxygen atoms in total. The molecule has 24 heavy (non-hydrogen) atoms. The normalized spacial score (nSPS) is 18.1. The zero-order valence-corrected chi connectivity index (χ0v) is 13.8. The van der Waals surface area contributed by atoms with Crippen LogP contribution in [0, 0.1) is 0 Å². The van der Waals surface area contributed by atoms with Crippen molar-refractivity contribution < 1.29 is 22.4 Å². The van der Waals surface area contributed by atoms with E-state index < -0.39 is 21.7 Å². The van der Waals surface area contributed by atoms with E-state index in [1.165, 1.54) is 38.4 Å². The molecule has 0 fully saturated rings. The van der Waals surface area contributed by atoms with Crippen LogP contribution in [0.1, 0.15) is 27.8 Å². The molecule has 0 saturated heterocycles. The number of hydrogen-bond acceptors (Lipinski definition) is 5. The zero-order chi connectivity index (χ0) is 17.5. The molecule has 2 aromatic rings. The van der Waals surface area contributed by atoms with Crippen molar-refractivity contribution in [1.82, 2.24) is 9.62 Å². The lowest BCUT2D eigenvalue weighted by atomic mass is 10.1. The van der Waals surface area contributed by atoms with Crippen LogP contribution in [0.3, 0.4) is 0 Å². The molecule has 2 heterocycles. The Hall–Kier alpha value is -2.87. The van der Waals surface area contributed by atoms with Crippen molar-refractivity contribution in [2.75, 3.05) is 7.05 Å². The van der Waals surface area contributed by atoms with E-state index in [2.05, 4.69) is 5.32 Å². The number of nitrogens with one attached hydrogen (secondary N) is 1. The van der Waals surface area contributed by atoms with E-state index >= 15 is 0 Å². The summed E-state index contributed by atoms with van der Waals surface area (Å²) in [5.74, 6) is -0.980. The minimum Gasteiger partial charge on any atom is -0.459 e. The molecule has 1 N–H and O–H groups in total. The maximum Gasteiger partial charge on any atom is 0.291 e. The highest BCUT2D eigenvalue weighted by Crippen LogP contribution is 2.31. The van der Waals surface area contributed by atoms with E-state index in [1.807, 2.05) is 0 Å². The predicted octanol–water partition coefficient (Wildman–Crippen LogP) is 1.76. The number of furan rings is 1. The van der Waals surface area contributed by atoms with Crippen molar-refractivity contribution >= 4 is 21.7 Å². The van der Waals surface area contributed by atoms with Crippen molar-refractivity contribution in [3.8, 4) is 0 Å². The van der Waals surface area contributed by atoms with Gasteiger partial charge in [-0.05, 0) is 31.2 Å². The van der Waals surface area contributed by atoms with Crippen molar-refractivity contribution in [2.45, 2.75) is 11.8 Å². The summed E-state index contributed by atoms with van der Waals surface area (Å²) in [6.07, 6.45) is 1.34. The van der Waals surface area contributed by atoms with E-state index in [1.54, 1.807) is 18.2 Å². The number of Topliss-reactive ketones (excluding diaryl/α,β-unsaturated/α-hetero) is 1. The summed E-state index contributed by atoms with van der Waals surface area (Å²) >= 11 is 0. The Morgan fingerprint density at radius 3 is 2.54 bits per heavy atom. The molecule has 0 atom stereocenters. The van der Waals surface area contributed by atoms with Gasteiger partial charge in [-0.2, -0.15) is 0 Å². The molecule has 0 bridgehead atoms. The second-order valence-corrected chi connectivity index (χ2v) is 7.14. The largest absolute Gasteiger partial charge is 0.459 e. The molecule has 1 amide bonds. The molecule has 3 rings (SSSR count). The highest BCUT2D eigenvalue weighted by molar-refractivity contribution is 7.89. The Labute approximate surface area is 138 Å². The van der Waals surface area contributed by atoms with Crippen LogP contribution < -0.4 is 5.32 Å². The van der Waals surface area contributed by atoms with Crippen LogP contribution in [0.15, 0.2) is 63.4 Å². The maximum atomic E-state index is 12.7. The first-order valence-electron chi connectivity index (χ1n) is 7.02. The number of amides is 1. The van der Waals surface area contributed by atoms with E-state index in [0.717, 1.165) is 4.31 Å². The number of allylic oxidation sites excluding steroid dienone is 2. The fourth-order valence-corrected chi connectivity index (χ4v) is 3.97. The Kier molecular flexibility index (Phi) is 3.76. The Morgan fingerprint density at radius 1 is 1.17 bits per heavy atom. The fourth-order valence-electron chi connectivity index (χ4n) is 2.52. The number of hydrogen-bond donors (Lipinski definition) is 1. The summed E-state index contributed by atoms with van der Waals surface area (Å²) in [5, 5.41) is 2.50. The third-order valence-corrected chi connectivity index (χ3v) is 5.52. The number of carbonyl (C=O) groups excluding carboxylic acids is 2. The molecule has 1 aliphatic rings. The third kappa shape index (κ3) is 2.41. The average Bonchev–Trinajstić information content (AvgIpc) is 3.08. The second-order valence-electron chi connectivity index (χ2n) is 5.20. The molecule has 1 aromatic carbocycles. The second kappa shape index (κ2) is 5.64. The van der Waals surface area contributed by atoms with Gasteiger partial charge in [0.15, 0.2) is 5.76 Å². The summed E-state index contributed by atoms with van der Waals surface area (Å²) in [6, 6.07) is 8.99. The molecule has 0 spiro atoms. The molecular weight excluding hydrogens is 332 g/mol. The van der Waals surface area contributed by atoms with E-state index in [-0.39, 0.29) is 27.6 Å². The first kappa shape index (κ1) is 16.0. The van der Waals surface area contributed by atoms with Gasteiger partial charge in [0.25, 0.3) is 15.9 Å². The number of nitrogens with zero attached hydrogens (tertiary/aromatic N) is 1. The van der Waals surface area contributed by atoms with Gasteiger partial charge in [-0.25, -0.2) is 8.42 Å². The number of ketones is 1. The number of rotatable bonds is 2. The van der Waals surface area contributed by atoms with E-state index in [4.69, 9.17) is 4.42 Å². The van der Waals surface area contributed by atoms with Crippen molar-refractivity contribution in [1.29, 1.82) is 0 Å². The third-order valence-electron chi connectivity index (χ3n) is 3.70. The number of fused-ring (bicyclic) bond motifs is 1. The standard InChI is InChI=1S/C16H14N2O5S/c1-10(17-16(20)12-7-5-9-23-12)14-15(19)11-6-3-4-8-13(11)24(21,22)18(14)2/h3-9H,1-2H3,(H,17,20)/b14-10-. The lowest BCUT2D eigenvalue weighted by Crippen LogP contribution is -2.39. The Morgan fingerprint density at radius 2 is 1.88 bits per heavy atom. The van der Waals surface area contributed by atoms with Gasteiger partial charge >= 0.3 is 0 Å². The van der Waals surface area contributed by atoms with Gasteiger partial charge in [0.05, 0.1) is 11.2 Å². The molecular formula is C16H14N2O5S. The minimum atomic E-state index is -3.86. The Bertz CT molecular complexity index is 958. The molecule has 1 aliphatic heterocycles. The van der Waals surface area contributed by atoms with Crippen LogP contribution in [0.4, 0.5) is 0 Å². The molecule has 0 saturated carbocycles. The summed E-state index contributed by atoms with van der Waals surface area (Å²) < 4.78 is 31.0. The van der Waals surface area contributed by atoms with Crippen molar-refractivity contribution in [2.24, 2.45) is 0 Å². The zero-order valence-electron chi connectivity index (χ0n) is 12.9. The smallest absolute Gasteiger partial charge is 0.291 e. The van der Waals surface area contributed by atoms with Gasteiger partial charge in [-0.3, -0.25) is 13.9 Å². The van der Waals surface area contributed by atoms with Crippen LogP contribution in [-0.4, -0.2) is 31.5 Å². The molecule has 8 heteroatoms. The van der Waals surface area contributed by atoms with Gasteiger partial charge in [0, 0.05) is 18.3 Å². The quantitative estimate of drug-likeness (QED) is 0.836. The highest BCUT2D eigenvalue weighted by atomic mass is 32.2. The molecule has 124 valence electrons. The lowest BCUT2D eigenvalue weighted by molar-refractivity contribution is 0.0936. The van der Waals surface area contributed by atoms with Gasteiger partial charge in [0.1, 0.15) is 5.70 Å². The van der Waals surface area contributed by atoms with E-state index in [9.17, 15) is 18.0 Å². The van der Waals surface area contributed by atoms with Crippen LogP contribution in [-0.2, 0) is 10.0 Å². The fraction of sp³-hybridized carbons (Fsp3) is 0.125. The van der Waals surface area contributed by atoms with Crippen LogP contribution in [0.5, 0.6) is 0 Å². The first-order valence-corrected chi connectivity index (χ1v) is 8.46.